The highest BCUT2D eigenvalue weighted by atomic mass is 16.6. The minimum Gasteiger partial charge on any atom is -0.462 e. The molecule has 0 aliphatic heterocycles. The van der Waals surface area contributed by atoms with Crippen LogP contribution >= 0.6 is 0 Å². The van der Waals surface area contributed by atoms with Crippen LogP contribution in [0.25, 0.3) is 0 Å². The largest absolute Gasteiger partial charge is 0.462 e. The van der Waals surface area contributed by atoms with E-state index in [-0.39, 0.29) is 31.1 Å². The van der Waals surface area contributed by atoms with Gasteiger partial charge in [-0.15, -0.1) is 0 Å². The highest BCUT2D eigenvalue weighted by Crippen LogP contribution is 2.18. The molecule has 64 heavy (non-hydrogen) atoms. The predicted octanol–water partition coefficient (Wildman–Crippen LogP) is 19.2. The maximum atomic E-state index is 12.8. The number of hydrogen-bond acceptors (Lipinski definition) is 6. The van der Waals surface area contributed by atoms with Crippen molar-refractivity contribution in [3.8, 4) is 0 Å². The van der Waals surface area contributed by atoms with Gasteiger partial charge >= 0.3 is 17.9 Å². The van der Waals surface area contributed by atoms with E-state index in [1.54, 1.807) is 0 Å². The molecule has 380 valence electrons. The van der Waals surface area contributed by atoms with Crippen molar-refractivity contribution in [3.05, 3.63) is 0 Å². The SMILES string of the molecule is CCCCCCCCCCCCCCCCCCCCCCCCCC(=O)OCC(COC(=O)CCCCCCC)OC(=O)CCCCCCCCCCCCCCCCCCCC. The van der Waals surface area contributed by atoms with Gasteiger partial charge in [-0.3, -0.25) is 14.4 Å². The number of carbonyl (C=O) groups excluding carboxylic acids is 3. The summed E-state index contributed by atoms with van der Waals surface area (Å²) < 4.78 is 16.7. The Bertz CT molecular complexity index is 951. The number of hydrogen-bond donors (Lipinski definition) is 0. The van der Waals surface area contributed by atoms with Crippen LogP contribution < -0.4 is 0 Å². The Balaban J connectivity index is 4.00. The van der Waals surface area contributed by atoms with Gasteiger partial charge in [0.1, 0.15) is 13.2 Å². The van der Waals surface area contributed by atoms with Gasteiger partial charge in [-0.05, 0) is 19.3 Å². The normalized spacial score (nSPS) is 11.9. The summed E-state index contributed by atoms with van der Waals surface area (Å²) in [5.41, 5.74) is 0. The number of rotatable bonds is 54. The van der Waals surface area contributed by atoms with Crippen LogP contribution in [-0.2, 0) is 28.6 Å². The zero-order chi connectivity index (χ0) is 46.5. The Labute approximate surface area is 399 Å². The van der Waals surface area contributed by atoms with Crippen LogP contribution in [-0.4, -0.2) is 37.2 Å². The third-order valence-corrected chi connectivity index (χ3v) is 13.4. The molecular weight excluding hydrogens is 793 g/mol. The Morgan fingerprint density at radius 1 is 0.250 bits per heavy atom. The van der Waals surface area contributed by atoms with E-state index in [1.165, 1.54) is 231 Å². The fraction of sp³-hybridized carbons (Fsp3) is 0.948. The van der Waals surface area contributed by atoms with E-state index in [1.807, 2.05) is 0 Å². The van der Waals surface area contributed by atoms with Crippen molar-refractivity contribution in [1.82, 2.24) is 0 Å². The summed E-state index contributed by atoms with van der Waals surface area (Å²) in [7, 11) is 0. The molecular formula is C58H112O6. The van der Waals surface area contributed by atoms with Crippen LogP contribution in [0.5, 0.6) is 0 Å². The van der Waals surface area contributed by atoms with Gasteiger partial charge in [-0.1, -0.05) is 297 Å². The smallest absolute Gasteiger partial charge is 0.306 e. The van der Waals surface area contributed by atoms with Crippen molar-refractivity contribution in [2.75, 3.05) is 13.2 Å². The summed E-state index contributed by atoms with van der Waals surface area (Å²) in [4.78, 5) is 37.8. The predicted molar refractivity (Wildman–Crippen MR) is 275 cm³/mol. The number of ether oxygens (including phenoxy) is 3. The Hall–Kier alpha value is -1.59. The molecule has 0 amide bonds. The second kappa shape index (κ2) is 54.0. The minimum atomic E-state index is -0.759. The molecule has 0 spiro atoms. The summed E-state index contributed by atoms with van der Waals surface area (Å²) in [6, 6.07) is 0. The molecule has 1 atom stereocenters. The van der Waals surface area contributed by atoms with Gasteiger partial charge < -0.3 is 14.2 Å². The van der Waals surface area contributed by atoms with E-state index in [4.69, 9.17) is 14.2 Å². The molecule has 0 aromatic rings. The van der Waals surface area contributed by atoms with Crippen molar-refractivity contribution in [3.63, 3.8) is 0 Å². The quantitative estimate of drug-likeness (QED) is 0.0344. The molecule has 0 aliphatic carbocycles. The topological polar surface area (TPSA) is 78.9 Å². The van der Waals surface area contributed by atoms with Crippen LogP contribution in [0.4, 0.5) is 0 Å². The third-order valence-electron chi connectivity index (χ3n) is 13.4. The average Bonchev–Trinajstić information content (AvgIpc) is 3.29. The highest BCUT2D eigenvalue weighted by molar-refractivity contribution is 5.71. The second-order valence-electron chi connectivity index (χ2n) is 19.9. The monoisotopic (exact) mass is 905 g/mol. The number of carbonyl (C=O) groups is 3. The fourth-order valence-corrected chi connectivity index (χ4v) is 8.98. The molecule has 0 bridgehead atoms. The summed E-state index contributed by atoms with van der Waals surface area (Å²) in [5, 5.41) is 0. The summed E-state index contributed by atoms with van der Waals surface area (Å²) in [6.07, 6.45) is 60.0. The lowest BCUT2D eigenvalue weighted by molar-refractivity contribution is -0.167. The summed E-state index contributed by atoms with van der Waals surface area (Å²) in [6.45, 7) is 6.62. The van der Waals surface area contributed by atoms with Crippen LogP contribution in [0.3, 0.4) is 0 Å². The lowest BCUT2D eigenvalue weighted by Crippen LogP contribution is -2.30. The van der Waals surface area contributed by atoms with E-state index in [0.29, 0.717) is 19.3 Å². The Kier molecular flexibility index (Phi) is 52.7. The first kappa shape index (κ1) is 62.4. The maximum Gasteiger partial charge on any atom is 0.306 e. The number of unbranched alkanes of at least 4 members (excludes halogenated alkanes) is 43. The minimum absolute atomic E-state index is 0.0627. The molecule has 0 aromatic heterocycles. The van der Waals surface area contributed by atoms with Crippen molar-refractivity contribution < 1.29 is 28.6 Å². The molecule has 0 aromatic carbocycles. The van der Waals surface area contributed by atoms with Gasteiger partial charge in [0.15, 0.2) is 6.10 Å². The molecule has 0 N–H and O–H groups in total. The van der Waals surface area contributed by atoms with E-state index in [9.17, 15) is 14.4 Å². The molecule has 0 fully saturated rings. The first-order valence-electron chi connectivity index (χ1n) is 29.0. The first-order chi connectivity index (χ1) is 31.5. The van der Waals surface area contributed by atoms with Crippen LogP contribution in [0.15, 0.2) is 0 Å². The lowest BCUT2D eigenvalue weighted by atomic mass is 10.0. The molecule has 0 saturated carbocycles. The van der Waals surface area contributed by atoms with Crippen molar-refractivity contribution in [1.29, 1.82) is 0 Å². The second-order valence-corrected chi connectivity index (χ2v) is 19.9. The third kappa shape index (κ3) is 51.4. The van der Waals surface area contributed by atoms with Gasteiger partial charge in [-0.25, -0.2) is 0 Å². The van der Waals surface area contributed by atoms with E-state index >= 15 is 0 Å². The van der Waals surface area contributed by atoms with E-state index in [2.05, 4.69) is 20.8 Å². The van der Waals surface area contributed by atoms with Crippen LogP contribution in [0.1, 0.15) is 335 Å². The highest BCUT2D eigenvalue weighted by Gasteiger charge is 2.19. The zero-order valence-electron chi connectivity index (χ0n) is 43.6. The standard InChI is InChI=1S/C58H112O6/c1-4-7-10-13-15-17-19-21-23-25-27-28-29-30-31-33-34-36-38-40-42-45-48-51-57(60)63-54-55(53-62-56(59)50-47-44-12-9-6-3)64-58(61)52-49-46-43-41-39-37-35-32-26-24-22-20-18-16-14-11-8-5-2/h55H,4-54H2,1-3H3. The molecule has 1 unspecified atom stereocenters. The van der Waals surface area contributed by atoms with E-state index < -0.39 is 6.10 Å². The van der Waals surface area contributed by atoms with Crippen LogP contribution in [0, 0.1) is 0 Å². The number of esters is 3. The van der Waals surface area contributed by atoms with Gasteiger partial charge in [0, 0.05) is 19.3 Å². The molecule has 0 aliphatic rings. The van der Waals surface area contributed by atoms with Crippen molar-refractivity contribution >= 4 is 17.9 Å². The molecule has 6 nitrogen and oxygen atoms in total. The van der Waals surface area contributed by atoms with Gasteiger partial charge in [0.2, 0.25) is 0 Å². The molecule has 0 saturated heterocycles. The molecule has 6 heteroatoms. The molecule has 0 rings (SSSR count). The Morgan fingerprint density at radius 2 is 0.422 bits per heavy atom. The van der Waals surface area contributed by atoms with Crippen molar-refractivity contribution in [2.45, 2.75) is 341 Å². The first-order valence-corrected chi connectivity index (χ1v) is 29.0. The lowest BCUT2D eigenvalue weighted by Gasteiger charge is -2.18. The zero-order valence-corrected chi connectivity index (χ0v) is 43.6. The van der Waals surface area contributed by atoms with Crippen LogP contribution in [0.2, 0.25) is 0 Å². The molecule has 0 heterocycles. The van der Waals surface area contributed by atoms with Gasteiger partial charge in [0.05, 0.1) is 0 Å². The summed E-state index contributed by atoms with van der Waals surface area (Å²) >= 11 is 0. The maximum absolute atomic E-state index is 12.8. The Morgan fingerprint density at radius 3 is 0.625 bits per heavy atom. The molecule has 0 radical (unpaired) electrons. The van der Waals surface area contributed by atoms with E-state index in [0.717, 1.165) is 64.2 Å². The van der Waals surface area contributed by atoms with Gasteiger partial charge in [0.25, 0.3) is 0 Å². The van der Waals surface area contributed by atoms with Crippen molar-refractivity contribution in [2.24, 2.45) is 0 Å². The fourth-order valence-electron chi connectivity index (χ4n) is 8.98. The van der Waals surface area contributed by atoms with Gasteiger partial charge in [-0.2, -0.15) is 0 Å². The summed E-state index contributed by atoms with van der Waals surface area (Å²) in [5.74, 6) is -0.851. The average molecular weight is 906 g/mol.